The minimum absolute atomic E-state index is 0.0244. The lowest BCUT2D eigenvalue weighted by atomic mass is 9.80. The third kappa shape index (κ3) is 9.11. The van der Waals surface area contributed by atoms with E-state index < -0.39 is 18.0 Å². The van der Waals surface area contributed by atoms with Crippen molar-refractivity contribution in [3.8, 4) is 0 Å². The monoisotopic (exact) mass is 705 g/mol. The number of carbonyl (C=O) groups is 2. The number of halogens is 3. The van der Waals surface area contributed by atoms with Gasteiger partial charge in [0.05, 0.1) is 33.4 Å². The van der Waals surface area contributed by atoms with Crippen molar-refractivity contribution in [3.05, 3.63) is 85.8 Å². The van der Waals surface area contributed by atoms with Gasteiger partial charge in [-0.25, -0.2) is 4.79 Å². The molecule has 3 aromatic carbocycles. The van der Waals surface area contributed by atoms with Gasteiger partial charge in [0, 0.05) is 16.2 Å². The van der Waals surface area contributed by atoms with Crippen LogP contribution in [-0.2, 0) is 20.7 Å². The number of aliphatic hydroxyl groups excluding tert-OH is 1. The predicted molar refractivity (Wildman–Crippen MR) is 179 cm³/mol. The highest BCUT2D eigenvalue weighted by Crippen LogP contribution is 2.39. The second kappa shape index (κ2) is 16.5. The van der Waals surface area contributed by atoms with E-state index in [4.69, 9.17) is 38.4 Å². The first kappa shape index (κ1) is 34.1. The normalized spacial score (nSPS) is 14.9. The first-order valence-corrected chi connectivity index (χ1v) is 16.3. The SMILES string of the molecule is CCNC(c1cc(C(=O)OCC(O)COC(=O)Cc2ccccc2Nc2c(Cl)cccc2Cl)cc(Br)c1N)C1CCCCC1. The van der Waals surface area contributed by atoms with E-state index in [9.17, 15) is 14.7 Å². The van der Waals surface area contributed by atoms with Crippen LogP contribution in [0.1, 0.15) is 66.6 Å². The smallest absolute Gasteiger partial charge is 0.338 e. The number of aliphatic hydroxyl groups is 1. The van der Waals surface area contributed by atoms with Crippen LogP contribution in [-0.4, -0.2) is 42.9 Å². The number of nitrogens with one attached hydrogen (secondary N) is 2. The Morgan fingerprint density at radius 1 is 1.02 bits per heavy atom. The molecule has 0 heterocycles. The standard InChI is InChI=1S/C33H38BrCl2N3O5/c1-2-38-31(20-9-4-3-5-10-20)24-15-22(16-25(34)30(24)37)33(42)44-19-23(40)18-43-29(41)17-21-11-6-7-14-28(21)39-32-26(35)12-8-13-27(32)36/h6-8,11-16,20,23,31,38-40H,2-5,9-10,17-19,37H2,1H3. The molecule has 0 spiro atoms. The van der Waals surface area contributed by atoms with Crippen LogP contribution in [0.25, 0.3) is 0 Å². The average molecular weight is 707 g/mol. The van der Waals surface area contributed by atoms with E-state index in [0.29, 0.717) is 48.6 Å². The molecule has 1 saturated carbocycles. The number of esters is 2. The lowest BCUT2D eigenvalue weighted by Crippen LogP contribution is -2.30. The van der Waals surface area contributed by atoms with E-state index in [2.05, 4.69) is 33.5 Å². The predicted octanol–water partition coefficient (Wildman–Crippen LogP) is 7.62. The quantitative estimate of drug-likeness (QED) is 0.106. The zero-order valence-corrected chi connectivity index (χ0v) is 27.7. The summed E-state index contributed by atoms with van der Waals surface area (Å²) in [6.45, 7) is 2.15. The molecule has 1 aliphatic carbocycles. The Balaban J connectivity index is 1.32. The van der Waals surface area contributed by atoms with E-state index in [1.165, 1.54) is 19.3 Å². The van der Waals surface area contributed by atoms with Crippen LogP contribution in [0.4, 0.5) is 17.1 Å². The summed E-state index contributed by atoms with van der Waals surface area (Å²) >= 11 is 16.1. The minimum Gasteiger partial charge on any atom is -0.463 e. The summed E-state index contributed by atoms with van der Waals surface area (Å²) in [5.41, 5.74) is 10.1. The van der Waals surface area contributed by atoms with E-state index in [0.717, 1.165) is 24.9 Å². The number of hydrogen-bond acceptors (Lipinski definition) is 8. The summed E-state index contributed by atoms with van der Waals surface area (Å²) in [5.74, 6) is -0.731. The number of rotatable bonds is 13. The molecule has 3 aromatic rings. The summed E-state index contributed by atoms with van der Waals surface area (Å²) in [5, 5.41) is 18.0. The maximum absolute atomic E-state index is 13.0. The lowest BCUT2D eigenvalue weighted by molar-refractivity contribution is -0.146. The molecule has 0 bridgehead atoms. The van der Waals surface area contributed by atoms with Crippen LogP contribution in [0.15, 0.2) is 59.1 Å². The number of ether oxygens (including phenoxy) is 2. The highest BCUT2D eigenvalue weighted by Gasteiger charge is 2.28. The summed E-state index contributed by atoms with van der Waals surface area (Å²) in [6, 6.07) is 15.8. The van der Waals surface area contributed by atoms with Gasteiger partial charge in [-0.15, -0.1) is 0 Å². The first-order valence-electron chi connectivity index (χ1n) is 14.8. The zero-order chi connectivity index (χ0) is 31.6. The van der Waals surface area contributed by atoms with E-state index in [-0.39, 0.29) is 25.7 Å². The van der Waals surface area contributed by atoms with Crippen molar-refractivity contribution >= 4 is 68.1 Å². The number of anilines is 3. The maximum Gasteiger partial charge on any atom is 0.338 e. The van der Waals surface area contributed by atoms with Crippen molar-refractivity contribution in [2.75, 3.05) is 30.8 Å². The minimum atomic E-state index is -1.20. The second-order valence-electron chi connectivity index (χ2n) is 10.9. The van der Waals surface area contributed by atoms with Crippen LogP contribution in [0.3, 0.4) is 0 Å². The summed E-state index contributed by atoms with van der Waals surface area (Å²) in [6.07, 6.45) is 4.54. The van der Waals surface area contributed by atoms with Gasteiger partial charge in [0.25, 0.3) is 0 Å². The van der Waals surface area contributed by atoms with Gasteiger partial charge >= 0.3 is 11.9 Å². The van der Waals surface area contributed by atoms with Crippen LogP contribution in [0, 0.1) is 5.92 Å². The van der Waals surface area contributed by atoms with Crippen LogP contribution in [0.2, 0.25) is 10.0 Å². The fraction of sp³-hybridized carbons (Fsp3) is 0.394. The van der Waals surface area contributed by atoms with Gasteiger partial charge in [0.15, 0.2) is 0 Å². The molecule has 0 amide bonds. The second-order valence-corrected chi connectivity index (χ2v) is 12.6. The molecule has 0 saturated heterocycles. The third-order valence-electron chi connectivity index (χ3n) is 7.70. The number of nitrogens with two attached hydrogens (primary N) is 1. The topological polar surface area (TPSA) is 123 Å². The molecule has 11 heteroatoms. The summed E-state index contributed by atoms with van der Waals surface area (Å²) in [4.78, 5) is 25.6. The summed E-state index contributed by atoms with van der Waals surface area (Å²) in [7, 11) is 0. The van der Waals surface area contributed by atoms with Crippen LogP contribution >= 0.6 is 39.1 Å². The first-order chi connectivity index (χ1) is 21.2. The van der Waals surface area contributed by atoms with Crippen molar-refractivity contribution in [2.24, 2.45) is 5.92 Å². The Morgan fingerprint density at radius 3 is 2.41 bits per heavy atom. The Kier molecular flexibility index (Phi) is 12.8. The molecule has 0 aromatic heterocycles. The Hall–Kier alpha value is -2.82. The molecule has 44 heavy (non-hydrogen) atoms. The average Bonchev–Trinajstić information content (AvgIpc) is 3.02. The van der Waals surface area contributed by atoms with Crippen molar-refractivity contribution in [1.29, 1.82) is 0 Å². The molecule has 4 rings (SSSR count). The van der Waals surface area contributed by atoms with Gasteiger partial charge in [-0.2, -0.15) is 0 Å². The Labute approximate surface area is 276 Å². The molecule has 0 aliphatic heterocycles. The van der Waals surface area contributed by atoms with E-state index >= 15 is 0 Å². The lowest BCUT2D eigenvalue weighted by Gasteiger charge is -2.32. The fourth-order valence-electron chi connectivity index (χ4n) is 5.48. The molecule has 8 nitrogen and oxygen atoms in total. The highest BCUT2D eigenvalue weighted by molar-refractivity contribution is 9.10. The van der Waals surface area contributed by atoms with E-state index in [1.807, 2.05) is 6.07 Å². The van der Waals surface area contributed by atoms with Gasteiger partial charge in [0.2, 0.25) is 0 Å². The number of nitrogen functional groups attached to an aromatic ring is 1. The molecule has 1 aliphatic rings. The molecular weight excluding hydrogens is 669 g/mol. The fourth-order valence-corrected chi connectivity index (χ4v) is 6.45. The largest absolute Gasteiger partial charge is 0.463 e. The maximum atomic E-state index is 13.0. The Morgan fingerprint density at radius 2 is 1.70 bits per heavy atom. The number of benzene rings is 3. The number of hydrogen-bond donors (Lipinski definition) is 4. The molecule has 2 atom stereocenters. The van der Waals surface area contributed by atoms with Crippen molar-refractivity contribution in [1.82, 2.24) is 5.32 Å². The Bertz CT molecular complexity index is 1430. The number of para-hydroxylation sites is 2. The molecule has 1 fully saturated rings. The third-order valence-corrected chi connectivity index (χ3v) is 8.98. The van der Waals surface area contributed by atoms with Crippen molar-refractivity contribution < 1.29 is 24.2 Å². The van der Waals surface area contributed by atoms with Gasteiger partial charge in [-0.3, -0.25) is 4.79 Å². The van der Waals surface area contributed by atoms with Gasteiger partial charge in [-0.1, -0.05) is 73.7 Å². The molecule has 0 radical (unpaired) electrons. The van der Waals surface area contributed by atoms with Crippen molar-refractivity contribution in [3.63, 3.8) is 0 Å². The molecule has 2 unspecified atom stereocenters. The zero-order valence-electron chi connectivity index (χ0n) is 24.6. The van der Waals surface area contributed by atoms with Gasteiger partial charge in [0.1, 0.15) is 19.3 Å². The molecular formula is C33H38BrCl2N3O5. The highest BCUT2D eigenvalue weighted by atomic mass is 79.9. The molecule has 236 valence electrons. The van der Waals surface area contributed by atoms with Crippen LogP contribution < -0.4 is 16.4 Å². The van der Waals surface area contributed by atoms with Gasteiger partial charge in [-0.05, 0) is 82.7 Å². The van der Waals surface area contributed by atoms with Gasteiger partial charge < -0.3 is 30.9 Å². The number of carbonyl (C=O) groups excluding carboxylic acids is 2. The molecule has 5 N–H and O–H groups in total. The summed E-state index contributed by atoms with van der Waals surface area (Å²) < 4.78 is 11.3. The van der Waals surface area contributed by atoms with E-state index in [1.54, 1.807) is 48.5 Å². The van der Waals surface area contributed by atoms with Crippen molar-refractivity contribution in [2.45, 2.75) is 57.6 Å². The van der Waals surface area contributed by atoms with Crippen LogP contribution in [0.5, 0.6) is 0 Å².